The fourth-order valence-electron chi connectivity index (χ4n) is 5.55. The Balaban J connectivity index is 0.00000840. The molecule has 0 unspecified atom stereocenters. The van der Waals surface area contributed by atoms with E-state index in [0.29, 0.717) is 0 Å². The number of hydrogen-bond acceptors (Lipinski definition) is 2. The van der Waals surface area contributed by atoms with Gasteiger partial charge in [0.05, 0.1) is 22.8 Å². The molecule has 3 heteroatoms. The van der Waals surface area contributed by atoms with E-state index < -0.39 is 0 Å². The van der Waals surface area contributed by atoms with E-state index in [1.165, 1.54) is 111 Å². The van der Waals surface area contributed by atoms with Gasteiger partial charge in [-0.05, 0) is 97.9 Å². The molecule has 0 bridgehead atoms. The summed E-state index contributed by atoms with van der Waals surface area (Å²) in [7, 11) is 0. The van der Waals surface area contributed by atoms with E-state index in [2.05, 4.69) is 77.9 Å². The SMILES string of the molecule is CCCCCCCCC(=N\c1cc(CC)cc(CC)c1)/C(CCCCCC)=N/c1ccc(CCC)c(CCC)c1.[Pd]. The van der Waals surface area contributed by atoms with Crippen LogP contribution in [-0.2, 0) is 46.1 Å². The summed E-state index contributed by atoms with van der Waals surface area (Å²) in [4.78, 5) is 10.8. The average molecular weight is 651 g/mol. The summed E-state index contributed by atoms with van der Waals surface area (Å²) in [5.74, 6) is 0. The fraction of sp³-hybridized carbons (Fsp3) is 0.632. The van der Waals surface area contributed by atoms with Crippen LogP contribution in [0.3, 0.4) is 0 Å². The van der Waals surface area contributed by atoms with Crippen molar-refractivity contribution >= 4 is 22.8 Å². The molecule has 0 saturated carbocycles. The van der Waals surface area contributed by atoms with Gasteiger partial charge in [0, 0.05) is 20.4 Å². The normalized spacial score (nSPS) is 12.0. The topological polar surface area (TPSA) is 24.7 Å². The number of nitrogens with zero attached hydrogens (tertiary/aromatic N) is 2. The molecule has 0 aliphatic heterocycles. The molecular weight excluding hydrogens is 591 g/mol. The van der Waals surface area contributed by atoms with E-state index in [1.807, 2.05) is 0 Å². The second-order valence-corrected chi connectivity index (χ2v) is 11.6. The number of unbranched alkanes of at least 4 members (excludes halogenated alkanes) is 8. The molecule has 0 saturated heterocycles. The zero-order valence-electron chi connectivity index (χ0n) is 27.4. The first kappa shape index (κ1) is 37.5. The Labute approximate surface area is 268 Å². The van der Waals surface area contributed by atoms with E-state index >= 15 is 0 Å². The maximum atomic E-state index is 5.40. The average Bonchev–Trinajstić information content (AvgIpc) is 2.97. The minimum absolute atomic E-state index is 0. The Morgan fingerprint density at radius 1 is 0.488 bits per heavy atom. The van der Waals surface area contributed by atoms with Gasteiger partial charge in [-0.25, -0.2) is 0 Å². The smallest absolute Gasteiger partial charge is 0.0639 e. The van der Waals surface area contributed by atoms with Gasteiger partial charge >= 0.3 is 0 Å². The minimum Gasteiger partial charge on any atom is -0.252 e. The molecule has 2 nitrogen and oxygen atoms in total. The van der Waals surface area contributed by atoms with Crippen LogP contribution in [0.4, 0.5) is 11.4 Å². The number of aliphatic imine (C=N–C) groups is 2. The molecule has 41 heavy (non-hydrogen) atoms. The van der Waals surface area contributed by atoms with Crippen molar-refractivity contribution < 1.29 is 20.4 Å². The van der Waals surface area contributed by atoms with Gasteiger partial charge in [0.1, 0.15) is 0 Å². The van der Waals surface area contributed by atoms with Crippen molar-refractivity contribution in [3.63, 3.8) is 0 Å². The molecule has 2 aromatic carbocycles. The molecule has 0 N–H and O–H groups in total. The van der Waals surface area contributed by atoms with Crippen LogP contribution in [0.2, 0.25) is 0 Å². The van der Waals surface area contributed by atoms with Crippen molar-refractivity contribution in [3.05, 3.63) is 58.7 Å². The number of aryl methyl sites for hydroxylation is 4. The Morgan fingerprint density at radius 2 is 0.976 bits per heavy atom. The van der Waals surface area contributed by atoms with Crippen LogP contribution in [0.1, 0.15) is 154 Å². The summed E-state index contributed by atoms with van der Waals surface area (Å²) in [5, 5.41) is 0. The van der Waals surface area contributed by atoms with Crippen LogP contribution < -0.4 is 0 Å². The Bertz CT molecular complexity index is 1010. The monoisotopic (exact) mass is 650 g/mol. The molecule has 2 rings (SSSR count). The summed E-state index contributed by atoms with van der Waals surface area (Å²) in [6.45, 7) is 13.6. The van der Waals surface area contributed by atoms with Crippen LogP contribution >= 0.6 is 0 Å². The second-order valence-electron chi connectivity index (χ2n) is 11.6. The van der Waals surface area contributed by atoms with Crippen molar-refractivity contribution in [3.8, 4) is 0 Å². The van der Waals surface area contributed by atoms with Gasteiger partial charge in [0.2, 0.25) is 0 Å². The first-order valence-electron chi connectivity index (χ1n) is 17.0. The zero-order valence-corrected chi connectivity index (χ0v) is 29.0. The summed E-state index contributed by atoms with van der Waals surface area (Å²) < 4.78 is 0. The van der Waals surface area contributed by atoms with E-state index in [4.69, 9.17) is 9.98 Å². The van der Waals surface area contributed by atoms with Crippen molar-refractivity contribution in [1.82, 2.24) is 0 Å². The Kier molecular flexibility index (Phi) is 21.0. The first-order valence-corrected chi connectivity index (χ1v) is 17.0. The Hall–Kier alpha value is -1.56. The van der Waals surface area contributed by atoms with Crippen LogP contribution in [-0.4, -0.2) is 11.4 Å². The fourth-order valence-corrected chi connectivity index (χ4v) is 5.55. The molecule has 2 aromatic rings. The third kappa shape index (κ3) is 14.4. The molecule has 0 fully saturated rings. The first-order chi connectivity index (χ1) is 19.6. The minimum atomic E-state index is 0. The van der Waals surface area contributed by atoms with E-state index in [9.17, 15) is 0 Å². The largest absolute Gasteiger partial charge is 0.252 e. The standard InChI is InChI=1S/C38H60N2.Pd/c1-7-13-15-17-18-20-24-38(40-36-28-31(11-5)27-32(12-6)29-36)37(23-19-16-14-8-2)39-35-26-25-33(21-9-3)34(30-35)22-10-4;/h25-30H,7-24H2,1-6H3;/b39-37+,40-38+;. The van der Waals surface area contributed by atoms with Crippen molar-refractivity contribution in [2.45, 2.75) is 157 Å². The molecule has 0 atom stereocenters. The van der Waals surface area contributed by atoms with Gasteiger partial charge in [-0.15, -0.1) is 0 Å². The van der Waals surface area contributed by atoms with Gasteiger partial charge in [-0.1, -0.05) is 118 Å². The van der Waals surface area contributed by atoms with Crippen LogP contribution in [0, 0.1) is 0 Å². The van der Waals surface area contributed by atoms with Crippen LogP contribution in [0.25, 0.3) is 0 Å². The number of hydrogen-bond donors (Lipinski definition) is 0. The van der Waals surface area contributed by atoms with Gasteiger partial charge < -0.3 is 0 Å². The third-order valence-electron chi connectivity index (χ3n) is 7.98. The van der Waals surface area contributed by atoms with Gasteiger partial charge in [-0.3, -0.25) is 9.98 Å². The van der Waals surface area contributed by atoms with Crippen molar-refractivity contribution in [1.29, 1.82) is 0 Å². The third-order valence-corrected chi connectivity index (χ3v) is 7.98. The van der Waals surface area contributed by atoms with Crippen molar-refractivity contribution in [2.75, 3.05) is 0 Å². The number of rotatable bonds is 21. The zero-order chi connectivity index (χ0) is 29.0. The summed E-state index contributed by atoms with van der Waals surface area (Å²) in [5.41, 5.74) is 10.4. The van der Waals surface area contributed by atoms with E-state index in [-0.39, 0.29) is 20.4 Å². The molecule has 0 aliphatic rings. The summed E-state index contributed by atoms with van der Waals surface area (Å²) in [6.07, 6.45) is 21.6. The van der Waals surface area contributed by atoms with Gasteiger partial charge in [-0.2, -0.15) is 0 Å². The van der Waals surface area contributed by atoms with E-state index in [0.717, 1.165) is 49.9 Å². The second kappa shape index (κ2) is 23.0. The van der Waals surface area contributed by atoms with Crippen molar-refractivity contribution in [2.24, 2.45) is 9.98 Å². The van der Waals surface area contributed by atoms with E-state index in [1.54, 1.807) is 0 Å². The molecule has 0 aromatic heterocycles. The van der Waals surface area contributed by atoms with Gasteiger partial charge in [0.15, 0.2) is 0 Å². The summed E-state index contributed by atoms with van der Waals surface area (Å²) in [6, 6.07) is 13.9. The molecule has 0 spiro atoms. The maximum absolute atomic E-state index is 5.40. The Morgan fingerprint density at radius 3 is 1.51 bits per heavy atom. The number of benzene rings is 2. The molecule has 232 valence electrons. The molecule has 0 amide bonds. The molecular formula is C38H60N2Pd. The van der Waals surface area contributed by atoms with Crippen LogP contribution in [0.5, 0.6) is 0 Å². The predicted octanol–water partition coefficient (Wildman–Crippen LogP) is 12.3. The predicted molar refractivity (Wildman–Crippen MR) is 181 cm³/mol. The van der Waals surface area contributed by atoms with Gasteiger partial charge in [0.25, 0.3) is 0 Å². The molecule has 0 heterocycles. The maximum Gasteiger partial charge on any atom is 0.0639 e. The molecule has 0 aliphatic carbocycles. The van der Waals surface area contributed by atoms with Crippen LogP contribution in [0.15, 0.2) is 46.4 Å². The summed E-state index contributed by atoms with van der Waals surface area (Å²) >= 11 is 0. The quantitative estimate of drug-likeness (QED) is 0.0729. The molecule has 0 radical (unpaired) electrons.